The molecular weight excluding hydrogens is 389 g/mol. The molecule has 0 aliphatic carbocycles. The van der Waals surface area contributed by atoms with Crippen LogP contribution in [0.4, 0.5) is 5.69 Å². The summed E-state index contributed by atoms with van der Waals surface area (Å²) in [5, 5.41) is 11.1. The van der Waals surface area contributed by atoms with Gasteiger partial charge in [0.05, 0.1) is 5.75 Å². The Hall–Kier alpha value is -1.09. The molecule has 0 radical (unpaired) electrons. The van der Waals surface area contributed by atoms with Gasteiger partial charge in [-0.25, -0.2) is 0 Å². The first kappa shape index (κ1) is 15.3. The topological polar surface area (TPSA) is 68.0 Å². The van der Waals surface area contributed by atoms with Crippen molar-refractivity contribution in [3.63, 3.8) is 0 Å². The fourth-order valence-electron chi connectivity index (χ4n) is 1.47. The van der Waals surface area contributed by atoms with E-state index in [2.05, 4.69) is 38.1 Å². The molecule has 0 unspecified atom stereocenters. The molecule has 1 amide bonds. The van der Waals surface area contributed by atoms with Crippen LogP contribution in [0.3, 0.4) is 0 Å². The number of hydrogen-bond acceptors (Lipinski definition) is 5. The summed E-state index contributed by atoms with van der Waals surface area (Å²) < 4.78 is 6.53. The molecule has 106 valence electrons. The molecule has 1 heterocycles. The highest BCUT2D eigenvalue weighted by Crippen LogP contribution is 2.17. The van der Waals surface area contributed by atoms with E-state index in [0.29, 0.717) is 11.1 Å². The van der Waals surface area contributed by atoms with Crippen LogP contribution in [-0.4, -0.2) is 21.9 Å². The summed E-state index contributed by atoms with van der Waals surface area (Å²) in [5.74, 6) is 0.777. The number of rotatable bonds is 6. The highest BCUT2D eigenvalue weighted by Gasteiger charge is 2.09. The Labute approximate surface area is 135 Å². The van der Waals surface area contributed by atoms with E-state index in [4.69, 9.17) is 4.42 Å². The molecule has 0 saturated carbocycles. The van der Waals surface area contributed by atoms with Crippen molar-refractivity contribution in [2.24, 2.45) is 0 Å². The highest BCUT2D eigenvalue weighted by atomic mass is 127. The Morgan fingerprint density at radius 1 is 1.35 bits per heavy atom. The Kier molecular flexibility index (Phi) is 5.84. The third-order valence-corrected chi connectivity index (χ3v) is 3.90. The maximum Gasteiger partial charge on any atom is 0.277 e. The standard InChI is InChI=1S/C13H14IN3O2S/c1-2-3-12-16-17-13(19-12)20-8-11(18)15-10-6-4-9(14)5-7-10/h4-7H,2-3,8H2,1H3,(H,15,18). The number of carbonyl (C=O) groups is 1. The van der Waals surface area contributed by atoms with Gasteiger partial charge >= 0.3 is 0 Å². The molecule has 0 aliphatic heterocycles. The molecular formula is C13H14IN3O2S. The second-order valence-electron chi connectivity index (χ2n) is 4.06. The molecule has 1 aromatic carbocycles. The number of carbonyl (C=O) groups excluding carboxylic acids is 1. The van der Waals surface area contributed by atoms with Gasteiger partial charge in [0.2, 0.25) is 11.8 Å². The fraction of sp³-hybridized carbons (Fsp3) is 0.308. The van der Waals surface area contributed by atoms with Gasteiger partial charge in [-0.15, -0.1) is 10.2 Å². The minimum atomic E-state index is -0.0913. The maximum atomic E-state index is 11.8. The molecule has 0 atom stereocenters. The average molecular weight is 403 g/mol. The number of nitrogens with one attached hydrogen (secondary N) is 1. The fourth-order valence-corrected chi connectivity index (χ4v) is 2.41. The normalized spacial score (nSPS) is 10.5. The second-order valence-corrected chi connectivity index (χ2v) is 6.23. The summed E-state index contributed by atoms with van der Waals surface area (Å²) in [7, 11) is 0. The number of nitrogens with zero attached hydrogens (tertiary/aromatic N) is 2. The third kappa shape index (κ3) is 4.78. The highest BCUT2D eigenvalue weighted by molar-refractivity contribution is 14.1. The summed E-state index contributed by atoms with van der Waals surface area (Å²) in [5.41, 5.74) is 0.785. The van der Waals surface area contributed by atoms with Gasteiger partial charge < -0.3 is 9.73 Å². The van der Waals surface area contributed by atoms with Crippen molar-refractivity contribution in [2.75, 3.05) is 11.1 Å². The van der Waals surface area contributed by atoms with Gasteiger partial charge in [0.15, 0.2) is 0 Å². The first-order valence-electron chi connectivity index (χ1n) is 6.18. The van der Waals surface area contributed by atoms with Crippen molar-refractivity contribution in [1.82, 2.24) is 10.2 Å². The van der Waals surface area contributed by atoms with Crippen molar-refractivity contribution in [2.45, 2.75) is 25.0 Å². The van der Waals surface area contributed by atoms with Crippen LogP contribution in [0.25, 0.3) is 0 Å². The van der Waals surface area contributed by atoms with Gasteiger partial charge in [0, 0.05) is 15.7 Å². The lowest BCUT2D eigenvalue weighted by atomic mass is 10.3. The van der Waals surface area contributed by atoms with E-state index in [-0.39, 0.29) is 11.7 Å². The van der Waals surface area contributed by atoms with E-state index < -0.39 is 0 Å². The van der Waals surface area contributed by atoms with E-state index in [0.717, 1.165) is 22.1 Å². The van der Waals surface area contributed by atoms with E-state index in [1.807, 2.05) is 31.2 Å². The molecule has 5 nitrogen and oxygen atoms in total. The summed E-state index contributed by atoms with van der Waals surface area (Å²) in [4.78, 5) is 11.8. The number of aryl methyl sites for hydroxylation is 1. The Morgan fingerprint density at radius 2 is 2.10 bits per heavy atom. The molecule has 2 aromatic rings. The number of thioether (sulfide) groups is 1. The zero-order chi connectivity index (χ0) is 14.4. The minimum absolute atomic E-state index is 0.0913. The van der Waals surface area contributed by atoms with Crippen molar-refractivity contribution in [3.8, 4) is 0 Å². The predicted octanol–water partition coefficient (Wildman–Crippen LogP) is 3.36. The van der Waals surface area contributed by atoms with Crippen LogP contribution in [-0.2, 0) is 11.2 Å². The van der Waals surface area contributed by atoms with Crippen molar-refractivity contribution >= 4 is 45.9 Å². The molecule has 2 rings (SSSR count). The molecule has 0 bridgehead atoms. The van der Waals surface area contributed by atoms with Crippen LogP contribution in [0, 0.1) is 3.57 Å². The van der Waals surface area contributed by atoms with E-state index in [1.165, 1.54) is 11.8 Å². The number of anilines is 1. The number of halogens is 1. The van der Waals surface area contributed by atoms with Gasteiger partial charge in [0.1, 0.15) is 0 Å². The average Bonchev–Trinajstić information content (AvgIpc) is 2.87. The lowest BCUT2D eigenvalue weighted by Crippen LogP contribution is -2.13. The molecule has 0 aliphatic rings. The van der Waals surface area contributed by atoms with Crippen LogP contribution in [0.2, 0.25) is 0 Å². The zero-order valence-corrected chi connectivity index (χ0v) is 13.9. The van der Waals surface area contributed by atoms with Crippen LogP contribution in [0.5, 0.6) is 0 Å². The number of benzene rings is 1. The Morgan fingerprint density at radius 3 is 2.80 bits per heavy atom. The van der Waals surface area contributed by atoms with Crippen LogP contribution in [0.15, 0.2) is 33.9 Å². The first-order chi connectivity index (χ1) is 9.67. The van der Waals surface area contributed by atoms with Gasteiger partial charge in [-0.3, -0.25) is 4.79 Å². The van der Waals surface area contributed by atoms with Crippen LogP contribution >= 0.6 is 34.4 Å². The van der Waals surface area contributed by atoms with E-state index in [1.54, 1.807) is 0 Å². The largest absolute Gasteiger partial charge is 0.416 e. The summed E-state index contributed by atoms with van der Waals surface area (Å²) in [6, 6.07) is 7.63. The molecule has 7 heteroatoms. The SMILES string of the molecule is CCCc1nnc(SCC(=O)Nc2ccc(I)cc2)o1. The molecule has 1 aromatic heterocycles. The van der Waals surface area contributed by atoms with Gasteiger partial charge in [-0.1, -0.05) is 18.7 Å². The molecule has 0 saturated heterocycles. The number of hydrogen-bond donors (Lipinski definition) is 1. The van der Waals surface area contributed by atoms with E-state index >= 15 is 0 Å². The maximum absolute atomic E-state index is 11.8. The minimum Gasteiger partial charge on any atom is -0.416 e. The first-order valence-corrected chi connectivity index (χ1v) is 8.24. The Balaban J connectivity index is 1.80. The molecule has 0 fully saturated rings. The third-order valence-electron chi connectivity index (χ3n) is 2.37. The number of aromatic nitrogens is 2. The quantitative estimate of drug-likeness (QED) is 0.592. The summed E-state index contributed by atoms with van der Waals surface area (Å²) in [6.07, 6.45) is 1.72. The Bertz CT molecular complexity index is 571. The second kappa shape index (κ2) is 7.63. The zero-order valence-electron chi connectivity index (χ0n) is 10.9. The summed E-state index contributed by atoms with van der Waals surface area (Å²) >= 11 is 3.46. The monoisotopic (exact) mass is 403 g/mol. The van der Waals surface area contributed by atoms with Crippen LogP contribution < -0.4 is 5.32 Å². The number of amides is 1. The predicted molar refractivity (Wildman–Crippen MR) is 86.8 cm³/mol. The van der Waals surface area contributed by atoms with E-state index in [9.17, 15) is 4.79 Å². The van der Waals surface area contributed by atoms with Crippen molar-refractivity contribution < 1.29 is 9.21 Å². The summed E-state index contributed by atoms with van der Waals surface area (Å²) in [6.45, 7) is 2.05. The molecule has 1 N–H and O–H groups in total. The lowest BCUT2D eigenvalue weighted by Gasteiger charge is -2.03. The molecule has 0 spiro atoms. The molecule has 20 heavy (non-hydrogen) atoms. The van der Waals surface area contributed by atoms with Crippen molar-refractivity contribution in [3.05, 3.63) is 33.7 Å². The van der Waals surface area contributed by atoms with Gasteiger partial charge in [-0.05, 0) is 53.3 Å². The van der Waals surface area contributed by atoms with Crippen LogP contribution in [0.1, 0.15) is 19.2 Å². The smallest absolute Gasteiger partial charge is 0.277 e. The van der Waals surface area contributed by atoms with Crippen molar-refractivity contribution in [1.29, 1.82) is 0 Å². The van der Waals surface area contributed by atoms with Gasteiger partial charge in [0.25, 0.3) is 5.22 Å². The lowest BCUT2D eigenvalue weighted by molar-refractivity contribution is -0.113. The van der Waals surface area contributed by atoms with Gasteiger partial charge in [-0.2, -0.15) is 0 Å².